The van der Waals surface area contributed by atoms with Crippen LogP contribution in [0.15, 0.2) is 54.1 Å². The molecule has 0 fully saturated rings. The molecule has 0 unspecified atom stereocenters. The summed E-state index contributed by atoms with van der Waals surface area (Å²) in [6.45, 7) is 3.62. The highest BCUT2D eigenvalue weighted by Crippen LogP contribution is 2.35. The summed E-state index contributed by atoms with van der Waals surface area (Å²) in [5.41, 5.74) is 1.67. The van der Waals surface area contributed by atoms with Gasteiger partial charge in [0.25, 0.3) is 0 Å². The van der Waals surface area contributed by atoms with Crippen LogP contribution in [0.1, 0.15) is 34.6 Å². The van der Waals surface area contributed by atoms with E-state index in [1.165, 1.54) is 12.4 Å². The van der Waals surface area contributed by atoms with E-state index in [0.717, 1.165) is 5.57 Å². The summed E-state index contributed by atoms with van der Waals surface area (Å²) in [7, 11) is 0. The highest BCUT2D eigenvalue weighted by atomic mass is 16.5. The van der Waals surface area contributed by atoms with Crippen molar-refractivity contribution < 1.29 is 19.1 Å². The number of carbonyl (C=O) groups is 2. The molecule has 1 aliphatic heterocycles. The van der Waals surface area contributed by atoms with Crippen LogP contribution in [0.4, 0.5) is 0 Å². The average Bonchev–Trinajstić information content (AvgIpc) is 2.85. The maximum atomic E-state index is 12.1. The molecular formula is C17H13NO4. The molecule has 0 amide bonds. The lowest BCUT2D eigenvalue weighted by molar-refractivity contribution is 0.0734. The fraction of sp³-hybridized carbons (Fsp3) is 0.118. The van der Waals surface area contributed by atoms with Crippen LogP contribution < -0.4 is 9.47 Å². The molecule has 0 aliphatic carbocycles. The third-order valence-electron chi connectivity index (χ3n) is 3.20. The van der Waals surface area contributed by atoms with Gasteiger partial charge in [0, 0.05) is 18.5 Å². The normalized spacial score (nSPS) is 12.6. The van der Waals surface area contributed by atoms with Gasteiger partial charge >= 0.3 is 5.97 Å². The molecule has 110 valence electrons. The lowest BCUT2D eigenvalue weighted by Gasteiger charge is -2.05. The van der Waals surface area contributed by atoms with Gasteiger partial charge in [-0.25, -0.2) is 4.79 Å². The Morgan fingerprint density at radius 1 is 1.14 bits per heavy atom. The molecule has 0 saturated heterocycles. The van der Waals surface area contributed by atoms with Crippen LogP contribution in [0.5, 0.6) is 11.5 Å². The Morgan fingerprint density at radius 3 is 2.55 bits per heavy atom. The molecule has 0 atom stereocenters. The van der Waals surface area contributed by atoms with Crippen molar-refractivity contribution in [1.82, 2.24) is 4.98 Å². The Bertz CT molecular complexity index is 790. The summed E-state index contributed by atoms with van der Waals surface area (Å²) in [5.74, 6) is 0.410. The van der Waals surface area contributed by atoms with Gasteiger partial charge in [0.05, 0.1) is 11.1 Å². The minimum atomic E-state index is -0.492. The molecule has 0 bridgehead atoms. The van der Waals surface area contributed by atoms with Crippen molar-refractivity contribution in [3.63, 3.8) is 0 Å². The number of esters is 1. The highest BCUT2D eigenvalue weighted by molar-refractivity contribution is 6.12. The number of ether oxygens (including phenoxy) is 2. The number of aromatic nitrogens is 1. The molecule has 0 spiro atoms. The average molecular weight is 295 g/mol. The first-order valence-electron chi connectivity index (χ1n) is 6.72. The molecule has 1 aromatic heterocycles. The van der Waals surface area contributed by atoms with E-state index in [2.05, 4.69) is 4.98 Å². The predicted molar refractivity (Wildman–Crippen MR) is 79.0 cm³/mol. The van der Waals surface area contributed by atoms with Crippen LogP contribution in [0, 0.1) is 0 Å². The molecule has 2 heterocycles. The quantitative estimate of drug-likeness (QED) is 0.483. The van der Waals surface area contributed by atoms with Crippen molar-refractivity contribution in [2.75, 3.05) is 0 Å². The van der Waals surface area contributed by atoms with E-state index in [0.29, 0.717) is 28.4 Å². The fourth-order valence-electron chi connectivity index (χ4n) is 2.10. The van der Waals surface area contributed by atoms with E-state index in [1.807, 2.05) is 13.8 Å². The first-order valence-corrected chi connectivity index (χ1v) is 6.72. The van der Waals surface area contributed by atoms with Crippen molar-refractivity contribution in [1.29, 1.82) is 0 Å². The number of pyridine rings is 1. The Balaban J connectivity index is 1.85. The maximum Gasteiger partial charge on any atom is 0.343 e. The molecule has 2 aromatic rings. The van der Waals surface area contributed by atoms with Crippen molar-refractivity contribution in [3.05, 3.63) is 65.2 Å². The minimum absolute atomic E-state index is 0.151. The van der Waals surface area contributed by atoms with Gasteiger partial charge in [-0.1, -0.05) is 0 Å². The zero-order valence-corrected chi connectivity index (χ0v) is 12.1. The number of fused-ring (bicyclic) bond motifs is 1. The Hall–Kier alpha value is -2.95. The first-order chi connectivity index (χ1) is 10.6. The number of Topliss-reactive ketones (excluding diaryl/α,β-unsaturated/α-hetero) is 1. The molecule has 22 heavy (non-hydrogen) atoms. The van der Waals surface area contributed by atoms with E-state index in [4.69, 9.17) is 9.47 Å². The molecule has 3 rings (SSSR count). The van der Waals surface area contributed by atoms with E-state index in [1.54, 1.807) is 30.3 Å². The van der Waals surface area contributed by atoms with E-state index in [-0.39, 0.29) is 5.78 Å². The van der Waals surface area contributed by atoms with Gasteiger partial charge in [0.15, 0.2) is 5.76 Å². The van der Waals surface area contributed by atoms with Crippen LogP contribution in [0.25, 0.3) is 0 Å². The zero-order chi connectivity index (χ0) is 15.7. The second-order valence-electron chi connectivity index (χ2n) is 5.04. The summed E-state index contributed by atoms with van der Waals surface area (Å²) >= 11 is 0. The third kappa shape index (κ3) is 2.48. The Kier molecular flexibility index (Phi) is 3.47. The van der Waals surface area contributed by atoms with Gasteiger partial charge in [-0.05, 0) is 43.7 Å². The number of benzene rings is 1. The third-order valence-corrected chi connectivity index (χ3v) is 3.20. The van der Waals surface area contributed by atoms with Crippen LogP contribution in [-0.4, -0.2) is 16.7 Å². The lowest BCUT2D eigenvalue weighted by atomic mass is 10.1. The minimum Gasteiger partial charge on any atom is -0.452 e. The second-order valence-corrected chi connectivity index (χ2v) is 5.04. The summed E-state index contributed by atoms with van der Waals surface area (Å²) in [6.07, 6.45) is 3.03. The predicted octanol–water partition coefficient (Wildman–Crippen LogP) is 3.17. The molecule has 0 saturated carbocycles. The number of hydrogen-bond acceptors (Lipinski definition) is 5. The van der Waals surface area contributed by atoms with Gasteiger partial charge in [-0.2, -0.15) is 0 Å². The monoisotopic (exact) mass is 295 g/mol. The van der Waals surface area contributed by atoms with Crippen LogP contribution in [0.3, 0.4) is 0 Å². The van der Waals surface area contributed by atoms with Gasteiger partial charge in [0.1, 0.15) is 11.5 Å². The molecule has 5 nitrogen and oxygen atoms in total. The van der Waals surface area contributed by atoms with Gasteiger partial charge in [0.2, 0.25) is 5.78 Å². The van der Waals surface area contributed by atoms with Crippen molar-refractivity contribution in [3.8, 4) is 11.5 Å². The van der Waals surface area contributed by atoms with E-state index < -0.39 is 5.97 Å². The van der Waals surface area contributed by atoms with Gasteiger partial charge in [-0.15, -0.1) is 0 Å². The van der Waals surface area contributed by atoms with Crippen LogP contribution in [-0.2, 0) is 0 Å². The number of rotatable bonds is 2. The summed E-state index contributed by atoms with van der Waals surface area (Å²) < 4.78 is 10.8. The topological polar surface area (TPSA) is 65.5 Å². The second kappa shape index (κ2) is 5.44. The van der Waals surface area contributed by atoms with E-state index >= 15 is 0 Å². The van der Waals surface area contributed by atoms with Crippen LogP contribution >= 0.6 is 0 Å². The fourth-order valence-corrected chi connectivity index (χ4v) is 2.10. The number of carbonyl (C=O) groups excluding carboxylic acids is 2. The van der Waals surface area contributed by atoms with Crippen molar-refractivity contribution >= 4 is 11.8 Å². The molecule has 0 radical (unpaired) electrons. The number of ketones is 1. The zero-order valence-electron chi connectivity index (χ0n) is 12.1. The van der Waals surface area contributed by atoms with Gasteiger partial charge < -0.3 is 9.47 Å². The molecule has 5 heteroatoms. The summed E-state index contributed by atoms with van der Waals surface area (Å²) in [6, 6.07) is 7.85. The Labute approximate surface area is 127 Å². The lowest BCUT2D eigenvalue weighted by Crippen LogP contribution is -2.08. The Morgan fingerprint density at radius 2 is 1.86 bits per heavy atom. The van der Waals surface area contributed by atoms with E-state index in [9.17, 15) is 9.59 Å². The molecular weight excluding hydrogens is 282 g/mol. The number of allylic oxidation sites excluding steroid dienone is 2. The number of nitrogens with zero attached hydrogens (tertiary/aromatic N) is 1. The molecule has 1 aromatic carbocycles. The smallest absolute Gasteiger partial charge is 0.343 e. The van der Waals surface area contributed by atoms with Gasteiger partial charge in [-0.3, -0.25) is 9.78 Å². The SMILES string of the molecule is CC(C)=C1Oc2cc(OC(=O)c3ccncc3)ccc2C1=O. The standard InChI is InChI=1S/C17H13NO4/c1-10(2)16-15(19)13-4-3-12(9-14(13)22-16)21-17(20)11-5-7-18-8-6-11/h3-9H,1-2H3. The largest absolute Gasteiger partial charge is 0.452 e. The first kappa shape index (κ1) is 14.0. The van der Waals surface area contributed by atoms with Crippen LogP contribution in [0.2, 0.25) is 0 Å². The summed E-state index contributed by atoms with van der Waals surface area (Å²) in [5, 5.41) is 0. The maximum absolute atomic E-state index is 12.1. The van der Waals surface area contributed by atoms with Crippen molar-refractivity contribution in [2.24, 2.45) is 0 Å². The van der Waals surface area contributed by atoms with Crippen molar-refractivity contribution in [2.45, 2.75) is 13.8 Å². The molecule has 0 N–H and O–H groups in total. The highest BCUT2D eigenvalue weighted by Gasteiger charge is 2.28. The number of hydrogen-bond donors (Lipinski definition) is 0. The summed E-state index contributed by atoms with van der Waals surface area (Å²) in [4.78, 5) is 27.9. The molecule has 1 aliphatic rings.